The molecule has 0 aliphatic heterocycles. The Morgan fingerprint density at radius 3 is 2.20 bits per heavy atom. The quantitative estimate of drug-likeness (QED) is 0.336. The van der Waals surface area contributed by atoms with Gasteiger partial charge in [-0.1, -0.05) is 66.7 Å². The number of nitrogens with one attached hydrogen (secondary N) is 1. The highest BCUT2D eigenvalue weighted by Gasteiger charge is 2.20. The molecule has 0 saturated heterocycles. The maximum atomic E-state index is 12.4. The third-order valence-corrected chi connectivity index (χ3v) is 5.55. The molecule has 4 aromatic rings. The van der Waals surface area contributed by atoms with Gasteiger partial charge < -0.3 is 20.3 Å². The number of carboxylic acids is 1. The third-order valence-electron chi connectivity index (χ3n) is 5.55. The highest BCUT2D eigenvalue weighted by atomic mass is 16.5. The van der Waals surface area contributed by atoms with E-state index in [2.05, 4.69) is 46.7 Å². The fraction of sp³-hybridized carbons (Fsp3) is 0.179. The van der Waals surface area contributed by atoms with E-state index in [1.165, 1.54) is 11.1 Å². The molecule has 7 heteroatoms. The van der Waals surface area contributed by atoms with Gasteiger partial charge in [0.15, 0.2) is 11.4 Å². The highest BCUT2D eigenvalue weighted by molar-refractivity contribution is 6.04. The summed E-state index contributed by atoms with van der Waals surface area (Å²) < 4.78 is 5.66. The number of hydrogen-bond donors (Lipinski definition) is 3. The number of ether oxygens (including phenoxy) is 1. The van der Waals surface area contributed by atoms with E-state index in [0.29, 0.717) is 23.8 Å². The Morgan fingerprint density at radius 2 is 1.51 bits per heavy atom. The molecule has 3 N–H and O–H groups in total. The van der Waals surface area contributed by atoms with E-state index in [9.17, 15) is 14.7 Å². The number of rotatable bonds is 9. The number of benzene rings is 3. The van der Waals surface area contributed by atoms with Crippen LogP contribution in [0.4, 0.5) is 0 Å². The number of carboxylic acid groups (broad SMARTS) is 1. The van der Waals surface area contributed by atoms with Gasteiger partial charge in [0.05, 0.1) is 6.61 Å². The summed E-state index contributed by atoms with van der Waals surface area (Å²) in [6.45, 7) is 1.53. The standard InChI is InChI=1S/C28H26N2O5/c1-2-35-28-23-16-21(11-12-22(23)26(33)25(30-28)27(34)29-17-24(31)32)15-20-10-6-9-19(14-20)13-18-7-4-3-5-8-18/h3-12,14,16,33H,2,13,15,17H2,1H3,(H,29,34)(H,31,32). The lowest BCUT2D eigenvalue weighted by Crippen LogP contribution is -2.30. The number of nitrogens with zero attached hydrogens (tertiary/aromatic N) is 1. The van der Waals surface area contributed by atoms with Crippen molar-refractivity contribution in [3.05, 3.63) is 101 Å². The molecule has 35 heavy (non-hydrogen) atoms. The van der Waals surface area contributed by atoms with Gasteiger partial charge in [-0.05, 0) is 48.1 Å². The molecule has 0 aliphatic rings. The van der Waals surface area contributed by atoms with E-state index in [1.807, 2.05) is 30.3 Å². The molecule has 1 amide bonds. The molecule has 0 radical (unpaired) electrons. The van der Waals surface area contributed by atoms with Crippen LogP contribution in [-0.2, 0) is 17.6 Å². The molecule has 0 unspecified atom stereocenters. The fourth-order valence-corrected chi connectivity index (χ4v) is 3.99. The first-order valence-electron chi connectivity index (χ1n) is 11.3. The minimum atomic E-state index is -1.19. The molecule has 0 saturated carbocycles. The van der Waals surface area contributed by atoms with Crippen LogP contribution in [0.2, 0.25) is 0 Å². The number of fused-ring (bicyclic) bond motifs is 1. The maximum Gasteiger partial charge on any atom is 0.322 e. The van der Waals surface area contributed by atoms with Gasteiger partial charge in [-0.3, -0.25) is 9.59 Å². The second kappa shape index (κ2) is 10.7. The molecule has 178 valence electrons. The van der Waals surface area contributed by atoms with Gasteiger partial charge in [-0.25, -0.2) is 4.98 Å². The average Bonchev–Trinajstić information content (AvgIpc) is 2.85. The normalized spacial score (nSPS) is 10.8. The molecular formula is C28H26N2O5. The van der Waals surface area contributed by atoms with E-state index in [0.717, 1.165) is 17.5 Å². The monoisotopic (exact) mass is 470 g/mol. The van der Waals surface area contributed by atoms with Gasteiger partial charge in [-0.15, -0.1) is 0 Å². The van der Waals surface area contributed by atoms with E-state index in [4.69, 9.17) is 9.84 Å². The first kappa shape index (κ1) is 23.8. The van der Waals surface area contributed by atoms with E-state index < -0.39 is 18.4 Å². The van der Waals surface area contributed by atoms with E-state index in [-0.39, 0.29) is 17.3 Å². The first-order valence-corrected chi connectivity index (χ1v) is 11.3. The smallest absolute Gasteiger partial charge is 0.322 e. The number of amides is 1. The van der Waals surface area contributed by atoms with Gasteiger partial charge >= 0.3 is 5.97 Å². The average molecular weight is 471 g/mol. The van der Waals surface area contributed by atoms with E-state index >= 15 is 0 Å². The van der Waals surface area contributed by atoms with Crippen LogP contribution in [0, 0.1) is 0 Å². The number of aliphatic carboxylic acids is 1. The molecular weight excluding hydrogens is 444 g/mol. The molecule has 0 fully saturated rings. The first-order chi connectivity index (χ1) is 16.9. The highest BCUT2D eigenvalue weighted by Crippen LogP contribution is 2.34. The Labute approximate surface area is 203 Å². The van der Waals surface area contributed by atoms with Crippen LogP contribution in [0.25, 0.3) is 10.8 Å². The summed E-state index contributed by atoms with van der Waals surface area (Å²) in [5, 5.41) is 22.7. The summed E-state index contributed by atoms with van der Waals surface area (Å²) in [5.74, 6) is -2.09. The lowest BCUT2D eigenvalue weighted by molar-refractivity contribution is -0.135. The molecule has 0 aliphatic carbocycles. The SMILES string of the molecule is CCOc1nc(C(=O)NCC(=O)O)c(O)c2ccc(Cc3cccc(Cc4ccccc4)c3)cc12. The third kappa shape index (κ3) is 5.76. The van der Waals surface area contributed by atoms with Gasteiger partial charge in [0, 0.05) is 10.8 Å². The fourth-order valence-electron chi connectivity index (χ4n) is 3.99. The number of aromatic hydroxyl groups is 1. The molecule has 1 aromatic heterocycles. The summed E-state index contributed by atoms with van der Waals surface area (Å²) in [5.41, 5.74) is 4.35. The minimum Gasteiger partial charge on any atom is -0.505 e. The van der Waals surface area contributed by atoms with Crippen LogP contribution in [0.1, 0.15) is 39.7 Å². The lowest BCUT2D eigenvalue weighted by Gasteiger charge is -2.13. The zero-order valence-electron chi connectivity index (χ0n) is 19.3. The van der Waals surface area contributed by atoms with Gasteiger partial charge in [0.2, 0.25) is 5.88 Å². The second-order valence-electron chi connectivity index (χ2n) is 8.16. The summed E-state index contributed by atoms with van der Waals surface area (Å²) in [6.07, 6.45) is 1.52. The van der Waals surface area contributed by atoms with Gasteiger partial charge in [-0.2, -0.15) is 0 Å². The predicted molar refractivity (Wildman–Crippen MR) is 133 cm³/mol. The van der Waals surface area contributed by atoms with Crippen molar-refractivity contribution < 1.29 is 24.5 Å². The van der Waals surface area contributed by atoms with Gasteiger partial charge in [0.25, 0.3) is 5.91 Å². The van der Waals surface area contributed by atoms with Crippen molar-refractivity contribution in [1.29, 1.82) is 0 Å². The summed E-state index contributed by atoms with van der Waals surface area (Å²) in [6, 6.07) is 24.3. The minimum absolute atomic E-state index is 0.209. The molecule has 3 aromatic carbocycles. The molecule has 7 nitrogen and oxygen atoms in total. The Kier molecular flexibility index (Phi) is 7.26. The van der Waals surface area contributed by atoms with Crippen LogP contribution in [0.15, 0.2) is 72.8 Å². The van der Waals surface area contributed by atoms with Crippen molar-refractivity contribution in [3.63, 3.8) is 0 Å². The number of carbonyl (C=O) groups is 2. The maximum absolute atomic E-state index is 12.4. The number of carbonyl (C=O) groups excluding carboxylic acids is 1. The van der Waals surface area contributed by atoms with Crippen LogP contribution in [0.3, 0.4) is 0 Å². The zero-order valence-corrected chi connectivity index (χ0v) is 19.3. The van der Waals surface area contributed by atoms with Crippen molar-refractivity contribution >= 4 is 22.6 Å². The van der Waals surface area contributed by atoms with E-state index in [1.54, 1.807) is 13.0 Å². The topological polar surface area (TPSA) is 109 Å². The lowest BCUT2D eigenvalue weighted by atomic mass is 9.98. The molecule has 0 atom stereocenters. The molecule has 0 spiro atoms. The van der Waals surface area contributed by atoms with Gasteiger partial charge in [0.1, 0.15) is 6.54 Å². The Bertz CT molecular complexity index is 1370. The summed E-state index contributed by atoms with van der Waals surface area (Å²) in [4.78, 5) is 27.4. The van der Waals surface area contributed by atoms with Crippen molar-refractivity contribution in [2.45, 2.75) is 19.8 Å². The number of aromatic nitrogens is 1. The van der Waals surface area contributed by atoms with Crippen LogP contribution < -0.4 is 10.1 Å². The predicted octanol–water partition coefficient (Wildman–Crippen LogP) is 4.34. The van der Waals surface area contributed by atoms with Crippen LogP contribution >= 0.6 is 0 Å². The van der Waals surface area contributed by atoms with Crippen LogP contribution in [-0.4, -0.2) is 40.2 Å². The molecule has 1 heterocycles. The number of pyridine rings is 1. The Hall–Kier alpha value is -4.39. The zero-order chi connectivity index (χ0) is 24.8. The molecule has 0 bridgehead atoms. The molecule has 4 rings (SSSR count). The largest absolute Gasteiger partial charge is 0.505 e. The van der Waals surface area contributed by atoms with Crippen LogP contribution in [0.5, 0.6) is 11.6 Å². The van der Waals surface area contributed by atoms with Crippen molar-refractivity contribution in [1.82, 2.24) is 10.3 Å². The van der Waals surface area contributed by atoms with Crippen molar-refractivity contribution in [2.24, 2.45) is 0 Å². The van der Waals surface area contributed by atoms with Crippen molar-refractivity contribution in [3.8, 4) is 11.6 Å². The summed E-state index contributed by atoms with van der Waals surface area (Å²) >= 11 is 0. The number of hydrogen-bond acceptors (Lipinski definition) is 5. The summed E-state index contributed by atoms with van der Waals surface area (Å²) in [7, 11) is 0. The van der Waals surface area contributed by atoms with Crippen molar-refractivity contribution in [2.75, 3.05) is 13.2 Å². The Morgan fingerprint density at radius 1 is 0.857 bits per heavy atom. The Balaban J connectivity index is 1.63. The second-order valence-corrected chi connectivity index (χ2v) is 8.16.